The second kappa shape index (κ2) is 9.43. The van der Waals surface area contributed by atoms with Gasteiger partial charge in [-0.3, -0.25) is 0 Å². The third-order valence-electron chi connectivity index (χ3n) is 5.35. The van der Waals surface area contributed by atoms with E-state index in [1.807, 2.05) is 12.1 Å². The van der Waals surface area contributed by atoms with Crippen molar-refractivity contribution in [2.45, 2.75) is 41.5 Å². The largest absolute Gasteiger partial charge is 0.337 e. The van der Waals surface area contributed by atoms with Crippen molar-refractivity contribution < 1.29 is 0 Å². The normalized spacial score (nSPS) is 19.0. The van der Waals surface area contributed by atoms with Crippen LogP contribution in [0.4, 0.5) is 11.4 Å². The van der Waals surface area contributed by atoms with Gasteiger partial charge < -0.3 is 9.80 Å². The predicted octanol–water partition coefficient (Wildman–Crippen LogP) is 8.20. The van der Waals surface area contributed by atoms with Crippen LogP contribution < -0.4 is 4.90 Å². The van der Waals surface area contributed by atoms with E-state index in [4.69, 9.17) is 46.4 Å². The molecule has 0 amide bonds. The first-order valence-electron chi connectivity index (χ1n) is 9.08. The van der Waals surface area contributed by atoms with Crippen LogP contribution in [0.5, 0.6) is 0 Å². The average molecular weight is 499 g/mol. The second-order valence-corrected chi connectivity index (χ2v) is 9.91. The Labute approximate surface area is 196 Å². The second-order valence-electron chi connectivity index (χ2n) is 7.14. The Morgan fingerprint density at radius 1 is 0.929 bits per heavy atom. The first kappa shape index (κ1) is 22.7. The summed E-state index contributed by atoms with van der Waals surface area (Å²) in [6, 6.07) is 8.11. The summed E-state index contributed by atoms with van der Waals surface area (Å²) in [5.74, 6) is 0. The number of benzene rings is 2. The zero-order chi connectivity index (χ0) is 19.1. The van der Waals surface area contributed by atoms with Crippen molar-refractivity contribution in [3.8, 4) is 0 Å². The van der Waals surface area contributed by atoms with Gasteiger partial charge in [0.15, 0.2) is 0 Å². The zero-order valence-corrected chi connectivity index (χ0v) is 20.0. The fourth-order valence-corrected chi connectivity index (χ4v) is 6.68. The molecule has 1 saturated heterocycles. The summed E-state index contributed by atoms with van der Waals surface area (Å²) < 4.78 is 0. The van der Waals surface area contributed by atoms with E-state index in [2.05, 4.69) is 16.8 Å². The molecule has 1 atom stereocenters. The Morgan fingerprint density at radius 2 is 1.50 bits per heavy atom. The van der Waals surface area contributed by atoms with Crippen LogP contribution in [0, 0.1) is 0 Å². The van der Waals surface area contributed by atoms with E-state index in [0.717, 1.165) is 34.1 Å². The third kappa shape index (κ3) is 4.51. The molecule has 0 radical (unpaired) electrons. The average Bonchev–Trinajstić information content (AvgIpc) is 2.59. The minimum Gasteiger partial charge on any atom is -0.337 e. The summed E-state index contributed by atoms with van der Waals surface area (Å²) in [6.45, 7) is 2.01. The Morgan fingerprint density at radius 3 is 2.04 bits per heavy atom. The lowest BCUT2D eigenvalue weighted by Crippen LogP contribution is -2.38. The van der Waals surface area contributed by atoms with Crippen LogP contribution in [0.2, 0.25) is 20.1 Å². The molecule has 0 saturated carbocycles. The Kier molecular flexibility index (Phi) is 7.64. The molecule has 0 aliphatic carbocycles. The highest BCUT2D eigenvalue weighted by Gasteiger charge is 2.30. The van der Waals surface area contributed by atoms with Crippen molar-refractivity contribution in [1.82, 2.24) is 4.90 Å². The van der Waals surface area contributed by atoms with Gasteiger partial charge in [-0.2, -0.15) is 0 Å². The van der Waals surface area contributed by atoms with Gasteiger partial charge in [0.1, 0.15) is 0 Å². The van der Waals surface area contributed by atoms with Crippen LogP contribution in [0.15, 0.2) is 34.1 Å². The molecule has 0 N–H and O–H groups in total. The molecule has 2 aromatic rings. The standard InChI is InChI=1S/C20H20Cl4N2S.ClH/c1-25-6-3-2-4-14(25)5-7-26-19-15(23)8-12(21)10-17(19)27-18-11-13(22)9-16(24)20(18)26;/h8-11,14H,2-7H2,1H3;1H. The maximum atomic E-state index is 6.62. The smallest absolute Gasteiger partial charge is 0.0743 e. The monoisotopic (exact) mass is 496 g/mol. The summed E-state index contributed by atoms with van der Waals surface area (Å²) in [4.78, 5) is 6.79. The molecule has 2 aliphatic heterocycles. The molecule has 2 aromatic carbocycles. The lowest BCUT2D eigenvalue weighted by Gasteiger charge is -2.38. The van der Waals surface area contributed by atoms with Crippen molar-refractivity contribution in [3.63, 3.8) is 0 Å². The first-order valence-corrected chi connectivity index (χ1v) is 11.4. The number of likely N-dealkylation sites (tertiary alicyclic amines) is 1. The van der Waals surface area contributed by atoms with Crippen LogP contribution in [0.1, 0.15) is 25.7 Å². The van der Waals surface area contributed by atoms with E-state index < -0.39 is 0 Å². The van der Waals surface area contributed by atoms with Gasteiger partial charge in [-0.1, -0.05) is 64.6 Å². The van der Waals surface area contributed by atoms with Gasteiger partial charge in [-0.15, -0.1) is 12.4 Å². The van der Waals surface area contributed by atoms with Gasteiger partial charge >= 0.3 is 0 Å². The molecule has 2 aliphatic rings. The number of hydrogen-bond donors (Lipinski definition) is 0. The molecule has 2 heterocycles. The lowest BCUT2D eigenvalue weighted by molar-refractivity contribution is 0.178. The van der Waals surface area contributed by atoms with Crippen LogP contribution in [0.25, 0.3) is 0 Å². The molecule has 0 bridgehead atoms. The molecule has 1 unspecified atom stereocenters. The minimum absolute atomic E-state index is 0. The highest BCUT2D eigenvalue weighted by atomic mass is 35.5. The van der Waals surface area contributed by atoms with Gasteiger partial charge in [-0.05, 0) is 57.1 Å². The van der Waals surface area contributed by atoms with Gasteiger partial charge in [0, 0.05) is 32.4 Å². The Hall–Kier alpha value is -0.000000000000000167. The Bertz CT molecular complexity index is 819. The molecular weight excluding hydrogens is 478 g/mol. The fourth-order valence-electron chi connectivity index (χ4n) is 4.01. The summed E-state index contributed by atoms with van der Waals surface area (Å²) in [5.41, 5.74) is 1.97. The van der Waals surface area contributed by atoms with E-state index in [0.29, 0.717) is 26.1 Å². The van der Waals surface area contributed by atoms with E-state index in [1.54, 1.807) is 23.9 Å². The van der Waals surface area contributed by atoms with E-state index in [1.165, 1.54) is 25.8 Å². The van der Waals surface area contributed by atoms with Crippen LogP contribution >= 0.6 is 70.6 Å². The molecule has 0 aromatic heterocycles. The van der Waals surface area contributed by atoms with Crippen molar-refractivity contribution >= 4 is 81.9 Å². The number of fused-ring (bicyclic) bond motifs is 2. The maximum absolute atomic E-state index is 6.62. The summed E-state index contributed by atoms with van der Waals surface area (Å²) in [7, 11) is 2.22. The number of piperidine rings is 1. The maximum Gasteiger partial charge on any atom is 0.0743 e. The van der Waals surface area contributed by atoms with Gasteiger partial charge in [0.05, 0.1) is 21.4 Å². The highest BCUT2D eigenvalue weighted by Crippen LogP contribution is 2.54. The summed E-state index contributed by atoms with van der Waals surface area (Å²) in [5, 5.41) is 2.57. The minimum atomic E-state index is 0. The fraction of sp³-hybridized carbons (Fsp3) is 0.400. The highest BCUT2D eigenvalue weighted by molar-refractivity contribution is 7.99. The van der Waals surface area contributed by atoms with Gasteiger partial charge in [-0.25, -0.2) is 0 Å². The number of hydrogen-bond acceptors (Lipinski definition) is 3. The molecule has 4 rings (SSSR count). The Balaban J connectivity index is 0.00000225. The molecule has 2 nitrogen and oxygen atoms in total. The molecular formula is C20H21Cl5N2S. The number of anilines is 2. The lowest BCUT2D eigenvalue weighted by atomic mass is 9.99. The number of rotatable bonds is 3. The molecule has 152 valence electrons. The van der Waals surface area contributed by atoms with E-state index in [-0.39, 0.29) is 12.4 Å². The molecule has 1 fully saturated rings. The van der Waals surface area contributed by atoms with Crippen molar-refractivity contribution in [2.24, 2.45) is 0 Å². The predicted molar refractivity (Wildman–Crippen MR) is 126 cm³/mol. The quantitative estimate of drug-likeness (QED) is 0.421. The summed E-state index contributed by atoms with van der Waals surface area (Å²) in [6.07, 6.45) is 4.87. The topological polar surface area (TPSA) is 6.48 Å². The molecule has 0 spiro atoms. The van der Waals surface area contributed by atoms with Crippen LogP contribution in [-0.2, 0) is 0 Å². The van der Waals surface area contributed by atoms with Crippen molar-refractivity contribution in [1.29, 1.82) is 0 Å². The first-order chi connectivity index (χ1) is 12.9. The number of halogens is 5. The van der Waals surface area contributed by atoms with Crippen LogP contribution in [0.3, 0.4) is 0 Å². The van der Waals surface area contributed by atoms with Gasteiger partial charge in [0.25, 0.3) is 0 Å². The van der Waals surface area contributed by atoms with Gasteiger partial charge in [0.2, 0.25) is 0 Å². The third-order valence-corrected chi connectivity index (χ3v) is 7.43. The van der Waals surface area contributed by atoms with Crippen LogP contribution in [-0.4, -0.2) is 31.1 Å². The zero-order valence-electron chi connectivity index (χ0n) is 15.4. The molecule has 28 heavy (non-hydrogen) atoms. The van der Waals surface area contributed by atoms with Crippen molar-refractivity contribution in [2.75, 3.05) is 25.0 Å². The van der Waals surface area contributed by atoms with Crippen molar-refractivity contribution in [3.05, 3.63) is 44.4 Å². The van der Waals surface area contributed by atoms with E-state index in [9.17, 15) is 0 Å². The molecule has 8 heteroatoms. The number of nitrogens with zero attached hydrogens (tertiary/aromatic N) is 2. The SMILES string of the molecule is CN1CCCCC1CCN1c2c(Cl)cc(Cl)cc2Sc2cc(Cl)cc(Cl)c21.Cl. The summed E-state index contributed by atoms with van der Waals surface area (Å²) >= 11 is 27.4. The van der Waals surface area contributed by atoms with E-state index >= 15 is 0 Å².